The van der Waals surface area contributed by atoms with E-state index in [9.17, 15) is 14.4 Å². The average molecular weight is 628 g/mol. The first kappa shape index (κ1) is 35.4. The van der Waals surface area contributed by atoms with Gasteiger partial charge < -0.3 is 30.2 Å². The van der Waals surface area contributed by atoms with Crippen LogP contribution in [0.2, 0.25) is 0 Å². The predicted molar refractivity (Wildman–Crippen MR) is 176 cm³/mol. The molecule has 0 saturated carbocycles. The number of carbonyl (C=O) groups is 3. The second-order valence-electron chi connectivity index (χ2n) is 17.7. The number of hydrogen-bond donors (Lipinski definition) is 3. The van der Waals surface area contributed by atoms with Gasteiger partial charge in [-0.05, 0) is 95.2 Å². The van der Waals surface area contributed by atoms with Gasteiger partial charge in [0.15, 0.2) is 0 Å². The highest BCUT2D eigenvalue weighted by Gasteiger charge is 2.43. The van der Waals surface area contributed by atoms with Crippen molar-refractivity contribution in [3.8, 4) is 0 Å². The normalized spacial score (nSPS) is 25.6. The van der Waals surface area contributed by atoms with Crippen molar-refractivity contribution in [1.82, 2.24) is 16.0 Å². The van der Waals surface area contributed by atoms with E-state index in [2.05, 4.69) is 99.0 Å². The first-order valence-corrected chi connectivity index (χ1v) is 16.5. The summed E-state index contributed by atoms with van der Waals surface area (Å²) >= 11 is 0. The standard InChI is InChI=1S/C36H57N3O6/c1-31(2)16-22(17-32(3,4)37-31)43-28(40)25-14-13-15-26(29(41)44-23-18-33(5,6)38-34(7,8)19-23)27(25)30(42)45-24-20-35(9,10)39-36(11,12)21-24/h13-15,22-24,37-39H,16-21H2,1-12H3. The summed E-state index contributed by atoms with van der Waals surface area (Å²) < 4.78 is 18.3. The van der Waals surface area contributed by atoms with Crippen molar-refractivity contribution in [2.45, 2.75) is 173 Å². The quantitative estimate of drug-likeness (QED) is 0.255. The maximum absolute atomic E-state index is 14.1. The van der Waals surface area contributed by atoms with Crippen LogP contribution in [0.15, 0.2) is 18.2 Å². The maximum atomic E-state index is 14.1. The molecule has 0 atom stereocenters. The first-order valence-electron chi connectivity index (χ1n) is 16.5. The molecule has 0 aliphatic carbocycles. The molecule has 0 bridgehead atoms. The highest BCUT2D eigenvalue weighted by Crippen LogP contribution is 2.35. The van der Waals surface area contributed by atoms with E-state index in [1.54, 1.807) is 18.2 Å². The molecule has 3 aliphatic rings. The lowest BCUT2D eigenvalue weighted by molar-refractivity contribution is -0.0122. The van der Waals surface area contributed by atoms with Crippen LogP contribution in [-0.4, -0.2) is 69.5 Å². The SMILES string of the molecule is CC1(C)CC(OC(=O)c2cccc(C(=O)OC3CC(C)(C)NC(C)(C)C3)c2C(=O)OC2CC(C)(C)NC(C)(C)C2)CC(C)(C)N1. The van der Waals surface area contributed by atoms with E-state index in [0.717, 1.165) is 0 Å². The summed E-state index contributed by atoms with van der Waals surface area (Å²) in [7, 11) is 0. The summed E-state index contributed by atoms with van der Waals surface area (Å²) in [6, 6.07) is 4.69. The molecule has 45 heavy (non-hydrogen) atoms. The van der Waals surface area contributed by atoms with E-state index in [-0.39, 0.29) is 62.1 Å². The van der Waals surface area contributed by atoms with Crippen molar-refractivity contribution in [2.75, 3.05) is 0 Å². The summed E-state index contributed by atoms with van der Waals surface area (Å²) in [6.07, 6.45) is 2.50. The fourth-order valence-corrected chi connectivity index (χ4v) is 8.69. The fourth-order valence-electron chi connectivity index (χ4n) is 8.69. The second-order valence-corrected chi connectivity index (χ2v) is 17.7. The largest absolute Gasteiger partial charge is 0.459 e. The Bertz CT molecular complexity index is 1190. The number of carbonyl (C=O) groups excluding carboxylic acids is 3. The zero-order chi connectivity index (χ0) is 33.8. The van der Waals surface area contributed by atoms with Gasteiger partial charge in [0.1, 0.15) is 18.3 Å². The van der Waals surface area contributed by atoms with Crippen molar-refractivity contribution in [2.24, 2.45) is 0 Å². The van der Waals surface area contributed by atoms with Gasteiger partial charge in [0.2, 0.25) is 0 Å². The highest BCUT2D eigenvalue weighted by molar-refractivity contribution is 6.10. The van der Waals surface area contributed by atoms with Crippen LogP contribution < -0.4 is 16.0 Å². The lowest BCUT2D eigenvalue weighted by atomic mass is 9.81. The molecule has 9 nitrogen and oxygen atoms in total. The van der Waals surface area contributed by atoms with E-state index >= 15 is 0 Å². The molecule has 0 spiro atoms. The Balaban J connectivity index is 1.67. The lowest BCUT2D eigenvalue weighted by Gasteiger charge is -2.46. The van der Waals surface area contributed by atoms with E-state index < -0.39 is 24.0 Å². The van der Waals surface area contributed by atoms with Gasteiger partial charge in [-0.1, -0.05) is 6.07 Å². The molecule has 252 valence electrons. The van der Waals surface area contributed by atoms with Gasteiger partial charge in [-0.2, -0.15) is 0 Å². The molecule has 3 fully saturated rings. The minimum atomic E-state index is -0.718. The Morgan fingerprint density at radius 3 is 1.00 bits per heavy atom. The van der Waals surface area contributed by atoms with Crippen molar-refractivity contribution >= 4 is 17.9 Å². The molecule has 3 heterocycles. The minimum Gasteiger partial charge on any atom is -0.459 e. The molecule has 1 aromatic carbocycles. The van der Waals surface area contributed by atoms with Crippen LogP contribution in [0.4, 0.5) is 0 Å². The van der Waals surface area contributed by atoms with E-state index in [1.807, 2.05) is 0 Å². The molecular formula is C36H57N3O6. The number of esters is 3. The van der Waals surface area contributed by atoms with Crippen LogP contribution in [0.5, 0.6) is 0 Å². The molecule has 0 radical (unpaired) electrons. The van der Waals surface area contributed by atoms with E-state index in [0.29, 0.717) is 38.5 Å². The van der Waals surface area contributed by atoms with Crippen LogP contribution in [-0.2, 0) is 14.2 Å². The summed E-state index contributed by atoms with van der Waals surface area (Å²) in [4.78, 5) is 41.8. The van der Waals surface area contributed by atoms with Crippen LogP contribution in [0.25, 0.3) is 0 Å². The van der Waals surface area contributed by atoms with Gasteiger partial charge in [0.05, 0.1) is 16.7 Å². The van der Waals surface area contributed by atoms with Crippen molar-refractivity contribution in [3.63, 3.8) is 0 Å². The summed E-state index contributed by atoms with van der Waals surface area (Å²) in [5.41, 5.74) is -1.58. The molecule has 4 rings (SSSR count). The Labute approximate surface area is 270 Å². The van der Waals surface area contributed by atoms with Crippen molar-refractivity contribution < 1.29 is 28.6 Å². The van der Waals surface area contributed by atoms with Crippen LogP contribution in [0, 0.1) is 0 Å². The van der Waals surface area contributed by atoms with Gasteiger partial charge in [0, 0.05) is 71.8 Å². The number of rotatable bonds is 6. The third kappa shape index (κ3) is 9.29. The maximum Gasteiger partial charge on any atom is 0.340 e. The third-order valence-electron chi connectivity index (χ3n) is 8.99. The van der Waals surface area contributed by atoms with Gasteiger partial charge in [-0.15, -0.1) is 0 Å². The van der Waals surface area contributed by atoms with Gasteiger partial charge in [-0.25, -0.2) is 14.4 Å². The summed E-state index contributed by atoms with van der Waals surface area (Å²) in [5, 5.41) is 10.8. The average Bonchev–Trinajstić information content (AvgIpc) is 2.77. The summed E-state index contributed by atoms with van der Waals surface area (Å²) in [6.45, 7) is 25.0. The van der Waals surface area contributed by atoms with Crippen molar-refractivity contribution in [1.29, 1.82) is 0 Å². The number of ether oxygens (including phenoxy) is 3. The molecule has 0 amide bonds. The summed E-state index contributed by atoms with van der Waals surface area (Å²) in [5.74, 6) is -2.01. The fraction of sp³-hybridized carbons (Fsp3) is 0.750. The number of benzene rings is 1. The number of piperidine rings is 3. The number of hydrogen-bond acceptors (Lipinski definition) is 9. The van der Waals surface area contributed by atoms with Crippen LogP contribution >= 0.6 is 0 Å². The molecule has 3 aliphatic heterocycles. The molecule has 1 aromatic rings. The van der Waals surface area contributed by atoms with Gasteiger partial charge >= 0.3 is 17.9 Å². The van der Waals surface area contributed by atoms with Crippen LogP contribution in [0.3, 0.4) is 0 Å². The van der Waals surface area contributed by atoms with E-state index in [4.69, 9.17) is 14.2 Å². The lowest BCUT2D eigenvalue weighted by Crippen LogP contribution is -2.60. The molecule has 3 N–H and O–H groups in total. The molecule has 9 heteroatoms. The predicted octanol–water partition coefficient (Wildman–Crippen LogP) is 6.08. The first-order chi connectivity index (χ1) is 20.4. The second kappa shape index (κ2) is 11.9. The Morgan fingerprint density at radius 2 is 0.733 bits per heavy atom. The molecule has 0 aromatic heterocycles. The highest BCUT2D eigenvalue weighted by atomic mass is 16.6. The Morgan fingerprint density at radius 1 is 0.489 bits per heavy atom. The van der Waals surface area contributed by atoms with Gasteiger partial charge in [-0.3, -0.25) is 0 Å². The Kier molecular flexibility index (Phi) is 9.39. The minimum absolute atomic E-state index is 0.0158. The molecular weight excluding hydrogens is 570 g/mol. The monoisotopic (exact) mass is 627 g/mol. The smallest absolute Gasteiger partial charge is 0.340 e. The molecule has 3 saturated heterocycles. The molecule has 0 unspecified atom stereocenters. The zero-order valence-corrected chi connectivity index (χ0v) is 29.7. The van der Waals surface area contributed by atoms with Crippen molar-refractivity contribution in [3.05, 3.63) is 34.9 Å². The van der Waals surface area contributed by atoms with Gasteiger partial charge in [0.25, 0.3) is 0 Å². The zero-order valence-electron chi connectivity index (χ0n) is 29.7. The Hall–Kier alpha value is -2.49. The van der Waals surface area contributed by atoms with E-state index in [1.165, 1.54) is 0 Å². The topological polar surface area (TPSA) is 115 Å². The third-order valence-corrected chi connectivity index (χ3v) is 8.99. The number of nitrogens with one attached hydrogen (secondary N) is 3. The van der Waals surface area contributed by atoms with Crippen LogP contribution in [0.1, 0.15) is 153 Å².